The van der Waals surface area contributed by atoms with E-state index in [-0.39, 0.29) is 0 Å². The maximum Gasteiger partial charge on any atom is 0.297 e. The van der Waals surface area contributed by atoms with Crippen molar-refractivity contribution in [2.45, 2.75) is 33.9 Å². The highest BCUT2D eigenvalue weighted by Crippen LogP contribution is 2.16. The van der Waals surface area contributed by atoms with Crippen LogP contribution in [0.5, 0.6) is 0 Å². The zero-order valence-electron chi connectivity index (χ0n) is 13.4. The summed E-state index contributed by atoms with van der Waals surface area (Å²) in [6, 6.07) is 9.05. The Morgan fingerprint density at radius 3 is 2.76 bits per heavy atom. The summed E-state index contributed by atoms with van der Waals surface area (Å²) in [5.74, 6) is 0.639. The molecule has 1 N–H and O–H groups in total. The number of nitrogens with one attached hydrogen (secondary N) is 1. The molecule has 1 aromatic carbocycles. The average Bonchev–Trinajstić information content (AvgIpc) is 2.90. The van der Waals surface area contributed by atoms with Crippen LogP contribution in [0.2, 0.25) is 0 Å². The van der Waals surface area contributed by atoms with Gasteiger partial charge in [-0.15, -0.1) is 0 Å². The van der Waals surface area contributed by atoms with Crippen molar-refractivity contribution in [2.75, 3.05) is 18.5 Å². The summed E-state index contributed by atoms with van der Waals surface area (Å²) in [4.78, 5) is 6.57. The fourth-order valence-electron chi connectivity index (χ4n) is 2.15. The molecule has 1 heterocycles. The van der Waals surface area contributed by atoms with Crippen molar-refractivity contribution < 1.29 is 4.42 Å². The molecule has 0 amide bonds. The third kappa shape index (κ3) is 4.60. The molecular weight excluding hydrogens is 262 g/mol. The molecule has 1 aromatic heterocycles. The molecule has 0 spiro atoms. The Morgan fingerprint density at radius 2 is 2.05 bits per heavy atom. The molecule has 0 saturated carbocycles. The highest BCUT2D eigenvalue weighted by Gasteiger charge is 2.10. The van der Waals surface area contributed by atoms with Gasteiger partial charge < -0.3 is 14.6 Å². The molecule has 0 unspecified atom stereocenters. The van der Waals surface area contributed by atoms with Crippen molar-refractivity contribution in [2.24, 2.45) is 5.92 Å². The first-order valence-electron chi connectivity index (χ1n) is 7.47. The largest absolute Gasteiger partial charge is 0.432 e. The zero-order chi connectivity index (χ0) is 15.2. The Labute approximate surface area is 127 Å². The predicted molar refractivity (Wildman–Crippen MR) is 86.3 cm³/mol. The van der Waals surface area contributed by atoms with Gasteiger partial charge in [0.2, 0.25) is 0 Å². The van der Waals surface area contributed by atoms with E-state index in [9.17, 15) is 0 Å². The lowest BCUT2D eigenvalue weighted by Crippen LogP contribution is -2.20. The molecule has 0 saturated heterocycles. The van der Waals surface area contributed by atoms with E-state index in [0.29, 0.717) is 11.9 Å². The smallest absolute Gasteiger partial charge is 0.297 e. The van der Waals surface area contributed by atoms with Crippen molar-refractivity contribution in [3.8, 4) is 0 Å². The Hall–Kier alpha value is -1.81. The second kappa shape index (κ2) is 7.27. The minimum atomic E-state index is 0.639. The van der Waals surface area contributed by atoms with Crippen LogP contribution in [0.3, 0.4) is 0 Å². The number of hydrogen-bond acceptors (Lipinski definition) is 4. The third-order valence-corrected chi connectivity index (χ3v) is 3.39. The number of hydrogen-bond donors (Lipinski definition) is 1. The van der Waals surface area contributed by atoms with Gasteiger partial charge in [0.05, 0.1) is 5.69 Å². The minimum absolute atomic E-state index is 0.639. The van der Waals surface area contributed by atoms with Crippen LogP contribution < -0.4 is 10.2 Å². The van der Waals surface area contributed by atoms with E-state index in [1.807, 2.05) is 11.9 Å². The maximum atomic E-state index is 5.57. The topological polar surface area (TPSA) is 41.3 Å². The molecule has 2 rings (SSSR count). The monoisotopic (exact) mass is 287 g/mol. The van der Waals surface area contributed by atoms with Crippen LogP contribution in [0, 0.1) is 12.8 Å². The quantitative estimate of drug-likeness (QED) is 0.848. The molecule has 0 atom stereocenters. The van der Waals surface area contributed by atoms with E-state index < -0.39 is 0 Å². The number of aryl methyl sites for hydroxylation is 1. The van der Waals surface area contributed by atoms with Gasteiger partial charge in [-0.1, -0.05) is 38.1 Å². The number of anilines is 1. The Kier molecular flexibility index (Phi) is 5.39. The first-order valence-corrected chi connectivity index (χ1v) is 7.47. The van der Waals surface area contributed by atoms with Crippen LogP contribution >= 0.6 is 0 Å². The van der Waals surface area contributed by atoms with E-state index in [4.69, 9.17) is 4.42 Å². The highest BCUT2D eigenvalue weighted by atomic mass is 16.4. The molecule has 0 bridgehead atoms. The lowest BCUT2D eigenvalue weighted by molar-refractivity contribution is 0.535. The van der Waals surface area contributed by atoms with Gasteiger partial charge in [0.25, 0.3) is 6.01 Å². The van der Waals surface area contributed by atoms with Gasteiger partial charge in [0.1, 0.15) is 6.26 Å². The van der Waals surface area contributed by atoms with Gasteiger partial charge in [0, 0.05) is 20.1 Å². The van der Waals surface area contributed by atoms with Crippen molar-refractivity contribution in [1.82, 2.24) is 10.3 Å². The van der Waals surface area contributed by atoms with Gasteiger partial charge in [-0.2, -0.15) is 4.98 Å². The summed E-state index contributed by atoms with van der Waals surface area (Å²) in [5, 5.41) is 3.37. The SMILES string of the molecule is Cc1ccccc1CN(C)c1nc(CNCC(C)C)co1. The zero-order valence-corrected chi connectivity index (χ0v) is 13.4. The molecule has 0 aliphatic carbocycles. The van der Waals surface area contributed by atoms with Crippen molar-refractivity contribution in [3.63, 3.8) is 0 Å². The van der Waals surface area contributed by atoms with Gasteiger partial charge in [-0.3, -0.25) is 0 Å². The predicted octanol–water partition coefficient (Wildman–Crippen LogP) is 3.37. The molecule has 2 aromatic rings. The summed E-state index contributed by atoms with van der Waals surface area (Å²) in [6.07, 6.45) is 1.73. The molecule has 114 valence electrons. The Bertz CT molecular complexity index is 563. The molecule has 4 nitrogen and oxygen atoms in total. The van der Waals surface area contributed by atoms with Gasteiger partial charge >= 0.3 is 0 Å². The molecule has 0 aliphatic rings. The number of nitrogens with zero attached hydrogens (tertiary/aromatic N) is 2. The van der Waals surface area contributed by atoms with Gasteiger partial charge in [0.15, 0.2) is 0 Å². The van der Waals surface area contributed by atoms with Gasteiger partial charge in [-0.25, -0.2) is 0 Å². The first-order chi connectivity index (χ1) is 10.1. The molecule has 0 radical (unpaired) electrons. The Morgan fingerprint density at radius 1 is 1.29 bits per heavy atom. The summed E-state index contributed by atoms with van der Waals surface area (Å²) < 4.78 is 5.57. The highest BCUT2D eigenvalue weighted by molar-refractivity contribution is 5.32. The first kappa shape index (κ1) is 15.6. The third-order valence-electron chi connectivity index (χ3n) is 3.39. The number of rotatable bonds is 7. The van der Waals surface area contributed by atoms with Crippen LogP contribution in [0.25, 0.3) is 0 Å². The molecule has 4 heteroatoms. The van der Waals surface area contributed by atoms with Crippen molar-refractivity contribution in [3.05, 3.63) is 47.3 Å². The standard InChI is InChI=1S/C17H25N3O/c1-13(2)9-18-10-16-12-21-17(19-16)20(4)11-15-8-6-5-7-14(15)3/h5-8,12-13,18H,9-11H2,1-4H3. The lowest BCUT2D eigenvalue weighted by Gasteiger charge is -2.15. The molecule has 0 aliphatic heterocycles. The summed E-state index contributed by atoms with van der Waals surface area (Å²) in [7, 11) is 2.00. The summed E-state index contributed by atoms with van der Waals surface area (Å²) in [5.41, 5.74) is 3.52. The lowest BCUT2D eigenvalue weighted by atomic mass is 10.1. The van der Waals surface area contributed by atoms with Crippen LogP contribution in [0.1, 0.15) is 30.7 Å². The summed E-state index contributed by atoms with van der Waals surface area (Å²) in [6.45, 7) is 9.04. The van der Waals surface area contributed by atoms with Crippen molar-refractivity contribution >= 4 is 6.01 Å². The van der Waals surface area contributed by atoms with E-state index in [2.05, 4.69) is 55.3 Å². The minimum Gasteiger partial charge on any atom is -0.432 e. The number of benzene rings is 1. The fraction of sp³-hybridized carbons (Fsp3) is 0.471. The molecule has 21 heavy (non-hydrogen) atoms. The molecular formula is C17H25N3O. The normalized spacial score (nSPS) is 11.1. The van der Waals surface area contributed by atoms with Crippen LogP contribution in [0.15, 0.2) is 34.9 Å². The van der Waals surface area contributed by atoms with Crippen molar-refractivity contribution in [1.29, 1.82) is 0 Å². The Balaban J connectivity index is 1.93. The number of aromatic nitrogens is 1. The van der Waals surface area contributed by atoms with Crippen LogP contribution in [0.4, 0.5) is 6.01 Å². The molecule has 0 fully saturated rings. The van der Waals surface area contributed by atoms with Crippen LogP contribution in [-0.2, 0) is 13.1 Å². The second-order valence-corrected chi connectivity index (χ2v) is 5.93. The van der Waals surface area contributed by atoms with E-state index >= 15 is 0 Å². The second-order valence-electron chi connectivity index (χ2n) is 5.93. The fourth-order valence-corrected chi connectivity index (χ4v) is 2.15. The van der Waals surface area contributed by atoms with Gasteiger partial charge in [-0.05, 0) is 30.5 Å². The van der Waals surface area contributed by atoms with E-state index in [1.165, 1.54) is 11.1 Å². The average molecular weight is 287 g/mol. The van der Waals surface area contributed by atoms with E-state index in [0.717, 1.165) is 25.3 Å². The maximum absolute atomic E-state index is 5.57. The summed E-state index contributed by atoms with van der Waals surface area (Å²) >= 11 is 0. The van der Waals surface area contributed by atoms with Crippen LogP contribution in [-0.4, -0.2) is 18.6 Å². The van der Waals surface area contributed by atoms with E-state index in [1.54, 1.807) is 6.26 Å². The number of oxazole rings is 1.